The summed E-state index contributed by atoms with van der Waals surface area (Å²) in [4.78, 5) is 0. The number of ether oxygens (including phenoxy) is 1. The maximum Gasteiger partial charge on any atom is 0.411 e. The number of halogens is 4. The summed E-state index contributed by atoms with van der Waals surface area (Å²) >= 11 is 5.82. The summed E-state index contributed by atoms with van der Waals surface area (Å²) in [6, 6.07) is 7.60. The minimum absolute atomic E-state index is 0.0177. The molecule has 0 aliphatic heterocycles. The Hall–Kier alpha value is -0.780. The maximum absolute atomic E-state index is 12.1. The third-order valence-electron chi connectivity index (χ3n) is 2.87. The van der Waals surface area contributed by atoms with Crippen LogP contribution in [0, 0.1) is 5.92 Å². The molecule has 1 aromatic rings. The SMILES string of the molecule is CC(C)NCC(COCC(F)(F)F)Cc1ccc(Cl)cc1. The molecule has 1 rings (SSSR count). The second-order valence-electron chi connectivity index (χ2n) is 5.39. The van der Waals surface area contributed by atoms with E-state index in [1.165, 1.54) is 0 Å². The van der Waals surface area contributed by atoms with E-state index in [0.717, 1.165) is 5.56 Å². The number of hydrogen-bond donors (Lipinski definition) is 1. The molecule has 0 radical (unpaired) electrons. The Morgan fingerprint density at radius 3 is 2.33 bits per heavy atom. The van der Waals surface area contributed by atoms with E-state index in [1.54, 1.807) is 12.1 Å². The van der Waals surface area contributed by atoms with Crippen LogP contribution in [-0.4, -0.2) is 32.0 Å². The molecule has 6 heteroatoms. The highest BCUT2D eigenvalue weighted by Crippen LogP contribution is 2.17. The lowest BCUT2D eigenvalue weighted by Gasteiger charge is -2.20. The molecule has 120 valence electrons. The summed E-state index contributed by atoms with van der Waals surface area (Å²) in [6.45, 7) is 3.47. The van der Waals surface area contributed by atoms with Crippen molar-refractivity contribution in [3.8, 4) is 0 Å². The average Bonchev–Trinajstić information content (AvgIpc) is 2.36. The Kier molecular flexibility index (Phi) is 7.49. The molecule has 1 aromatic carbocycles. The Morgan fingerprint density at radius 2 is 1.81 bits per heavy atom. The second kappa shape index (κ2) is 8.61. The lowest BCUT2D eigenvalue weighted by atomic mass is 10.00. The van der Waals surface area contributed by atoms with Gasteiger partial charge in [-0.15, -0.1) is 0 Å². The van der Waals surface area contributed by atoms with Gasteiger partial charge in [-0.25, -0.2) is 0 Å². The Balaban J connectivity index is 2.52. The molecule has 21 heavy (non-hydrogen) atoms. The van der Waals surface area contributed by atoms with Crippen LogP contribution in [0.2, 0.25) is 5.02 Å². The number of hydrogen-bond acceptors (Lipinski definition) is 2. The van der Waals surface area contributed by atoms with Gasteiger partial charge in [0.05, 0.1) is 6.61 Å². The van der Waals surface area contributed by atoms with E-state index >= 15 is 0 Å². The topological polar surface area (TPSA) is 21.3 Å². The van der Waals surface area contributed by atoms with Crippen molar-refractivity contribution >= 4 is 11.6 Å². The Bertz CT molecular complexity index is 406. The molecule has 0 saturated heterocycles. The summed E-state index contributed by atoms with van der Waals surface area (Å²) in [7, 11) is 0. The van der Waals surface area contributed by atoms with Crippen molar-refractivity contribution in [2.45, 2.75) is 32.5 Å². The lowest BCUT2D eigenvalue weighted by Crippen LogP contribution is -2.33. The highest BCUT2D eigenvalue weighted by atomic mass is 35.5. The quantitative estimate of drug-likeness (QED) is 0.778. The van der Waals surface area contributed by atoms with E-state index in [0.29, 0.717) is 18.0 Å². The van der Waals surface area contributed by atoms with Crippen molar-refractivity contribution in [1.29, 1.82) is 0 Å². The number of alkyl halides is 3. The molecule has 1 N–H and O–H groups in total. The molecular weight excluding hydrogens is 303 g/mol. The molecule has 0 bridgehead atoms. The van der Waals surface area contributed by atoms with Crippen LogP contribution in [0.1, 0.15) is 19.4 Å². The third kappa shape index (κ3) is 8.96. The van der Waals surface area contributed by atoms with Crippen molar-refractivity contribution in [2.24, 2.45) is 5.92 Å². The summed E-state index contributed by atoms with van der Waals surface area (Å²) in [5.74, 6) is -0.0177. The maximum atomic E-state index is 12.1. The van der Waals surface area contributed by atoms with Gasteiger partial charge in [-0.1, -0.05) is 37.6 Å². The van der Waals surface area contributed by atoms with Crippen LogP contribution in [0.5, 0.6) is 0 Å². The standard InChI is InChI=1S/C15H21ClF3NO/c1-11(2)20-8-13(9-21-10-15(17,18)19)7-12-3-5-14(16)6-4-12/h3-6,11,13,20H,7-10H2,1-2H3. The van der Waals surface area contributed by atoms with Gasteiger partial charge in [0.25, 0.3) is 0 Å². The zero-order valence-corrected chi connectivity index (χ0v) is 13.0. The van der Waals surface area contributed by atoms with E-state index < -0.39 is 12.8 Å². The normalized spacial score (nSPS) is 13.7. The van der Waals surface area contributed by atoms with Crippen molar-refractivity contribution in [2.75, 3.05) is 19.8 Å². The van der Waals surface area contributed by atoms with E-state index in [-0.39, 0.29) is 18.6 Å². The first-order chi connectivity index (χ1) is 9.76. The van der Waals surface area contributed by atoms with Gasteiger partial charge in [-0.05, 0) is 30.0 Å². The molecule has 0 spiro atoms. The van der Waals surface area contributed by atoms with Crippen LogP contribution >= 0.6 is 11.6 Å². The molecule has 1 atom stereocenters. The second-order valence-corrected chi connectivity index (χ2v) is 5.83. The average molecular weight is 324 g/mol. The summed E-state index contributed by atoms with van der Waals surface area (Å²) in [5.41, 5.74) is 1.03. The van der Waals surface area contributed by atoms with Crippen molar-refractivity contribution in [1.82, 2.24) is 5.32 Å². The highest BCUT2D eigenvalue weighted by Gasteiger charge is 2.28. The molecular formula is C15H21ClF3NO. The van der Waals surface area contributed by atoms with Gasteiger partial charge >= 0.3 is 6.18 Å². The van der Waals surface area contributed by atoms with Crippen molar-refractivity contribution in [3.05, 3.63) is 34.9 Å². The Morgan fingerprint density at radius 1 is 1.19 bits per heavy atom. The molecule has 0 saturated carbocycles. The molecule has 2 nitrogen and oxygen atoms in total. The number of nitrogens with one attached hydrogen (secondary N) is 1. The number of rotatable bonds is 8. The van der Waals surface area contributed by atoms with Crippen LogP contribution in [0.4, 0.5) is 13.2 Å². The minimum Gasteiger partial charge on any atom is -0.372 e. The first-order valence-electron chi connectivity index (χ1n) is 6.88. The van der Waals surface area contributed by atoms with Gasteiger partial charge in [0.15, 0.2) is 0 Å². The predicted octanol–water partition coefficient (Wildman–Crippen LogP) is 4.08. The van der Waals surface area contributed by atoms with Crippen molar-refractivity contribution in [3.63, 3.8) is 0 Å². The monoisotopic (exact) mass is 323 g/mol. The van der Waals surface area contributed by atoms with E-state index in [9.17, 15) is 13.2 Å². The van der Waals surface area contributed by atoms with E-state index in [1.807, 2.05) is 26.0 Å². The van der Waals surface area contributed by atoms with Gasteiger partial charge in [-0.2, -0.15) is 13.2 Å². The molecule has 0 heterocycles. The third-order valence-corrected chi connectivity index (χ3v) is 3.12. The first-order valence-corrected chi connectivity index (χ1v) is 7.26. The zero-order valence-electron chi connectivity index (χ0n) is 12.2. The van der Waals surface area contributed by atoms with Crippen LogP contribution in [0.3, 0.4) is 0 Å². The first kappa shape index (κ1) is 18.3. The summed E-state index contributed by atoms with van der Waals surface area (Å²) < 4.78 is 41.2. The summed E-state index contributed by atoms with van der Waals surface area (Å²) in [6.07, 6.45) is -3.63. The van der Waals surface area contributed by atoms with Crippen molar-refractivity contribution < 1.29 is 17.9 Å². The largest absolute Gasteiger partial charge is 0.411 e. The molecule has 0 fully saturated rings. The lowest BCUT2D eigenvalue weighted by molar-refractivity contribution is -0.176. The van der Waals surface area contributed by atoms with Gasteiger partial charge in [0.2, 0.25) is 0 Å². The van der Waals surface area contributed by atoms with Crippen LogP contribution in [-0.2, 0) is 11.2 Å². The fourth-order valence-corrected chi connectivity index (χ4v) is 2.01. The van der Waals surface area contributed by atoms with Crippen LogP contribution in [0.25, 0.3) is 0 Å². The zero-order chi connectivity index (χ0) is 15.9. The van der Waals surface area contributed by atoms with E-state index in [4.69, 9.17) is 16.3 Å². The van der Waals surface area contributed by atoms with Gasteiger partial charge in [-0.3, -0.25) is 0 Å². The molecule has 1 unspecified atom stereocenters. The summed E-state index contributed by atoms with van der Waals surface area (Å²) in [5, 5.41) is 3.88. The molecule has 0 aliphatic carbocycles. The molecule has 0 amide bonds. The number of benzene rings is 1. The molecule has 0 aliphatic rings. The smallest absolute Gasteiger partial charge is 0.372 e. The van der Waals surface area contributed by atoms with Gasteiger partial charge in [0, 0.05) is 17.6 Å². The predicted molar refractivity (Wildman–Crippen MR) is 78.7 cm³/mol. The fourth-order valence-electron chi connectivity index (χ4n) is 1.89. The fraction of sp³-hybridized carbons (Fsp3) is 0.600. The Labute approximate surface area is 128 Å². The van der Waals surface area contributed by atoms with Gasteiger partial charge in [0.1, 0.15) is 6.61 Å². The van der Waals surface area contributed by atoms with E-state index in [2.05, 4.69) is 5.32 Å². The van der Waals surface area contributed by atoms with Crippen LogP contribution in [0.15, 0.2) is 24.3 Å². The highest BCUT2D eigenvalue weighted by molar-refractivity contribution is 6.30. The van der Waals surface area contributed by atoms with Crippen LogP contribution < -0.4 is 5.32 Å². The minimum atomic E-state index is -4.28. The molecule has 0 aromatic heterocycles. The van der Waals surface area contributed by atoms with Gasteiger partial charge < -0.3 is 10.1 Å².